The Labute approximate surface area is 143 Å². The second kappa shape index (κ2) is 7.01. The van der Waals surface area contributed by atoms with E-state index in [9.17, 15) is 0 Å². The summed E-state index contributed by atoms with van der Waals surface area (Å²) in [5.41, 5.74) is 8.64. The number of benzene rings is 2. The van der Waals surface area contributed by atoms with E-state index in [4.69, 9.17) is 27.4 Å². The van der Waals surface area contributed by atoms with Crippen molar-refractivity contribution < 1.29 is 9.47 Å². The fraction of sp³-hybridized carbons (Fsp3) is 0.316. The Morgan fingerprint density at radius 1 is 1.09 bits per heavy atom. The highest BCUT2D eigenvalue weighted by molar-refractivity contribution is 7.80. The van der Waals surface area contributed by atoms with Crippen LogP contribution in [0.5, 0.6) is 11.5 Å². The number of hydrogen-bond acceptors (Lipinski definition) is 3. The molecule has 0 radical (unpaired) electrons. The molecular weight excluding hydrogens is 306 g/mol. The van der Waals surface area contributed by atoms with Crippen molar-refractivity contribution in [3.05, 3.63) is 59.2 Å². The maximum absolute atomic E-state index is 6.03. The van der Waals surface area contributed by atoms with Gasteiger partial charge in [-0.15, -0.1) is 0 Å². The molecule has 4 heteroatoms. The van der Waals surface area contributed by atoms with Crippen molar-refractivity contribution in [2.45, 2.75) is 32.8 Å². The first-order chi connectivity index (χ1) is 10.8. The zero-order valence-corrected chi connectivity index (χ0v) is 14.9. The van der Waals surface area contributed by atoms with Gasteiger partial charge in [0.05, 0.1) is 7.11 Å². The zero-order chi connectivity index (χ0) is 17.0. The minimum Gasteiger partial charge on any atom is -0.497 e. The molecule has 2 aromatic carbocycles. The fourth-order valence-electron chi connectivity index (χ4n) is 2.27. The van der Waals surface area contributed by atoms with E-state index in [1.807, 2.05) is 42.5 Å². The molecule has 0 amide bonds. The summed E-state index contributed by atoms with van der Waals surface area (Å²) in [5, 5.41) is 0. The molecule has 2 aromatic rings. The van der Waals surface area contributed by atoms with Crippen molar-refractivity contribution in [2.75, 3.05) is 7.11 Å². The number of hydrogen-bond donors (Lipinski definition) is 1. The quantitative estimate of drug-likeness (QED) is 0.835. The third-order valence-electron chi connectivity index (χ3n) is 3.63. The molecular formula is C19H23NO2S. The fourth-order valence-corrected chi connectivity index (χ4v) is 2.41. The van der Waals surface area contributed by atoms with Crippen molar-refractivity contribution >= 4 is 17.2 Å². The van der Waals surface area contributed by atoms with Gasteiger partial charge in [-0.1, -0.05) is 57.3 Å². The maximum Gasteiger partial charge on any atom is 0.123 e. The van der Waals surface area contributed by atoms with Crippen LogP contribution in [0.15, 0.2) is 42.5 Å². The lowest BCUT2D eigenvalue weighted by atomic mass is 9.86. The van der Waals surface area contributed by atoms with Gasteiger partial charge in [-0.25, -0.2) is 0 Å². The van der Waals surface area contributed by atoms with Gasteiger partial charge in [-0.05, 0) is 29.2 Å². The van der Waals surface area contributed by atoms with Gasteiger partial charge in [0, 0.05) is 11.1 Å². The Morgan fingerprint density at radius 2 is 1.74 bits per heavy atom. The normalized spacial score (nSPS) is 11.1. The van der Waals surface area contributed by atoms with Crippen molar-refractivity contribution in [3.63, 3.8) is 0 Å². The molecule has 0 fully saturated rings. The number of ether oxygens (including phenoxy) is 2. The van der Waals surface area contributed by atoms with Gasteiger partial charge in [-0.3, -0.25) is 0 Å². The zero-order valence-electron chi connectivity index (χ0n) is 14.1. The van der Waals surface area contributed by atoms with E-state index in [1.54, 1.807) is 7.11 Å². The lowest BCUT2D eigenvalue weighted by Crippen LogP contribution is -2.14. The lowest BCUT2D eigenvalue weighted by molar-refractivity contribution is 0.296. The first kappa shape index (κ1) is 17.3. The van der Waals surface area contributed by atoms with Gasteiger partial charge < -0.3 is 15.2 Å². The average Bonchev–Trinajstić information content (AvgIpc) is 2.52. The number of methoxy groups -OCH3 is 1. The van der Waals surface area contributed by atoms with Crippen LogP contribution >= 0.6 is 12.2 Å². The first-order valence-electron chi connectivity index (χ1n) is 7.51. The Bertz CT molecular complexity index is 688. The van der Waals surface area contributed by atoms with Crippen LogP contribution in [0.1, 0.15) is 37.5 Å². The van der Waals surface area contributed by atoms with Crippen LogP contribution in [-0.4, -0.2) is 12.1 Å². The van der Waals surface area contributed by atoms with Crippen LogP contribution in [0.4, 0.5) is 0 Å². The van der Waals surface area contributed by atoms with Gasteiger partial charge in [0.1, 0.15) is 23.1 Å². The molecule has 0 aliphatic carbocycles. The highest BCUT2D eigenvalue weighted by atomic mass is 32.1. The van der Waals surface area contributed by atoms with Gasteiger partial charge in [-0.2, -0.15) is 0 Å². The predicted molar refractivity (Wildman–Crippen MR) is 98.4 cm³/mol. The van der Waals surface area contributed by atoms with Gasteiger partial charge in [0.25, 0.3) is 0 Å². The molecule has 2 rings (SSSR count). The van der Waals surface area contributed by atoms with E-state index in [1.165, 1.54) is 0 Å². The summed E-state index contributed by atoms with van der Waals surface area (Å²) < 4.78 is 11.4. The van der Waals surface area contributed by atoms with Crippen LogP contribution in [0, 0.1) is 0 Å². The van der Waals surface area contributed by atoms with Crippen molar-refractivity contribution in [3.8, 4) is 11.5 Å². The van der Waals surface area contributed by atoms with Crippen LogP contribution in [0.25, 0.3) is 0 Å². The van der Waals surface area contributed by atoms with E-state index in [0.29, 0.717) is 11.6 Å². The molecule has 0 heterocycles. The Kier molecular flexibility index (Phi) is 5.26. The van der Waals surface area contributed by atoms with E-state index in [0.717, 1.165) is 28.2 Å². The molecule has 0 saturated heterocycles. The van der Waals surface area contributed by atoms with E-state index >= 15 is 0 Å². The smallest absolute Gasteiger partial charge is 0.123 e. The molecule has 0 aromatic heterocycles. The highest BCUT2D eigenvalue weighted by Crippen LogP contribution is 2.34. The van der Waals surface area contributed by atoms with Gasteiger partial charge in [0.15, 0.2) is 0 Å². The summed E-state index contributed by atoms with van der Waals surface area (Å²) in [7, 11) is 1.67. The molecule has 0 atom stereocenters. The Hall–Kier alpha value is -2.07. The Morgan fingerprint density at radius 3 is 2.26 bits per heavy atom. The van der Waals surface area contributed by atoms with Crippen molar-refractivity contribution in [1.82, 2.24) is 0 Å². The maximum atomic E-state index is 6.03. The van der Waals surface area contributed by atoms with E-state index < -0.39 is 0 Å². The molecule has 0 unspecified atom stereocenters. The molecule has 23 heavy (non-hydrogen) atoms. The van der Waals surface area contributed by atoms with Gasteiger partial charge in [0.2, 0.25) is 0 Å². The van der Waals surface area contributed by atoms with Crippen LogP contribution in [0.3, 0.4) is 0 Å². The number of thiocarbonyl (C=S) groups is 1. The standard InChI is InChI=1S/C19H23NO2S/c1-19(2,3)16-11-15(21-4)9-10-17(16)22-12-13-5-7-14(8-6-13)18(20)23/h5-11H,12H2,1-4H3,(H2,20,23). The van der Waals surface area contributed by atoms with Crippen molar-refractivity contribution in [2.24, 2.45) is 5.73 Å². The predicted octanol–water partition coefficient (Wildman–Crippen LogP) is 4.21. The summed E-state index contributed by atoms with van der Waals surface area (Å²) >= 11 is 4.96. The molecule has 3 nitrogen and oxygen atoms in total. The molecule has 122 valence electrons. The minimum atomic E-state index is -0.0283. The molecule has 0 spiro atoms. The van der Waals surface area contributed by atoms with E-state index in [-0.39, 0.29) is 5.41 Å². The summed E-state index contributed by atoms with van der Waals surface area (Å²) in [6.45, 7) is 6.97. The van der Waals surface area contributed by atoms with Crippen molar-refractivity contribution in [1.29, 1.82) is 0 Å². The summed E-state index contributed by atoms with van der Waals surface area (Å²) in [4.78, 5) is 0.405. The SMILES string of the molecule is COc1ccc(OCc2ccc(C(N)=S)cc2)c(C(C)(C)C)c1. The minimum absolute atomic E-state index is 0.0283. The number of nitrogens with two attached hydrogens (primary N) is 1. The summed E-state index contributed by atoms with van der Waals surface area (Å²) in [6, 6.07) is 13.7. The van der Waals surface area contributed by atoms with Crippen LogP contribution < -0.4 is 15.2 Å². The second-order valence-electron chi connectivity index (χ2n) is 6.46. The van der Waals surface area contributed by atoms with Gasteiger partial charge >= 0.3 is 0 Å². The largest absolute Gasteiger partial charge is 0.497 e. The average molecular weight is 329 g/mol. The topological polar surface area (TPSA) is 44.5 Å². The summed E-state index contributed by atoms with van der Waals surface area (Å²) in [6.07, 6.45) is 0. The monoisotopic (exact) mass is 329 g/mol. The first-order valence-corrected chi connectivity index (χ1v) is 7.92. The lowest BCUT2D eigenvalue weighted by Gasteiger charge is -2.23. The molecule has 0 saturated carbocycles. The molecule has 0 bridgehead atoms. The number of rotatable bonds is 5. The van der Waals surface area contributed by atoms with Crippen LogP contribution in [0.2, 0.25) is 0 Å². The second-order valence-corrected chi connectivity index (χ2v) is 6.90. The van der Waals surface area contributed by atoms with Crippen LogP contribution in [-0.2, 0) is 12.0 Å². The third-order valence-corrected chi connectivity index (χ3v) is 3.86. The third kappa shape index (κ3) is 4.45. The molecule has 0 aliphatic rings. The Balaban J connectivity index is 2.18. The van der Waals surface area contributed by atoms with E-state index in [2.05, 4.69) is 20.8 Å². The molecule has 0 aliphatic heterocycles. The highest BCUT2D eigenvalue weighted by Gasteiger charge is 2.20. The molecule has 2 N–H and O–H groups in total. The summed E-state index contributed by atoms with van der Waals surface area (Å²) in [5.74, 6) is 1.71.